The van der Waals surface area contributed by atoms with Crippen molar-refractivity contribution < 1.29 is 13.2 Å². The Bertz CT molecular complexity index is 975. The van der Waals surface area contributed by atoms with Gasteiger partial charge in [-0.1, -0.05) is 17.7 Å². The summed E-state index contributed by atoms with van der Waals surface area (Å²) in [4.78, 5) is 8.70. The second kappa shape index (κ2) is 7.49. The summed E-state index contributed by atoms with van der Waals surface area (Å²) in [5.74, 6) is 0.417. The summed E-state index contributed by atoms with van der Waals surface area (Å²) < 4.78 is 32.3. The Morgan fingerprint density at radius 2 is 2.08 bits per heavy atom. The van der Waals surface area contributed by atoms with Crippen molar-refractivity contribution in [3.05, 3.63) is 58.0 Å². The maximum atomic E-state index is 12.4. The van der Waals surface area contributed by atoms with Crippen molar-refractivity contribution in [2.45, 2.75) is 11.4 Å². The van der Waals surface area contributed by atoms with E-state index in [1.807, 2.05) is 23.6 Å². The summed E-state index contributed by atoms with van der Waals surface area (Å²) in [6, 6.07) is 9.85. The summed E-state index contributed by atoms with van der Waals surface area (Å²) >= 11 is 7.35. The molecule has 25 heavy (non-hydrogen) atoms. The highest BCUT2D eigenvalue weighted by Gasteiger charge is 2.17. The Labute approximate surface area is 154 Å². The van der Waals surface area contributed by atoms with Gasteiger partial charge in [0.2, 0.25) is 10.0 Å². The third kappa shape index (κ3) is 4.16. The predicted octanol–water partition coefficient (Wildman–Crippen LogP) is 3.35. The monoisotopic (exact) mass is 395 g/mol. The fourth-order valence-electron chi connectivity index (χ4n) is 2.08. The number of pyridine rings is 1. The predicted molar refractivity (Wildman–Crippen MR) is 97.4 cm³/mol. The Morgan fingerprint density at radius 3 is 2.76 bits per heavy atom. The van der Waals surface area contributed by atoms with Gasteiger partial charge in [-0.15, -0.1) is 11.3 Å². The summed E-state index contributed by atoms with van der Waals surface area (Å²) in [7, 11) is -2.23. The number of nitrogens with one attached hydrogen (secondary N) is 1. The first-order valence-electron chi connectivity index (χ1n) is 7.18. The van der Waals surface area contributed by atoms with E-state index in [0.717, 1.165) is 5.69 Å². The average Bonchev–Trinajstić information content (AvgIpc) is 3.10. The van der Waals surface area contributed by atoms with Crippen molar-refractivity contribution in [1.29, 1.82) is 0 Å². The van der Waals surface area contributed by atoms with Crippen molar-refractivity contribution in [1.82, 2.24) is 14.7 Å². The first kappa shape index (κ1) is 17.8. The molecule has 0 amide bonds. The molecule has 3 rings (SSSR count). The third-order valence-electron chi connectivity index (χ3n) is 3.33. The number of hydrogen-bond donors (Lipinski definition) is 1. The average molecular weight is 396 g/mol. The van der Waals surface area contributed by atoms with Gasteiger partial charge >= 0.3 is 0 Å². The van der Waals surface area contributed by atoms with Crippen molar-refractivity contribution in [3.8, 4) is 17.1 Å². The molecule has 0 aliphatic rings. The van der Waals surface area contributed by atoms with Gasteiger partial charge in [-0.05, 0) is 30.3 Å². The van der Waals surface area contributed by atoms with E-state index in [4.69, 9.17) is 16.3 Å². The molecule has 0 aliphatic carbocycles. The van der Waals surface area contributed by atoms with Crippen LogP contribution < -0.4 is 9.46 Å². The van der Waals surface area contributed by atoms with Gasteiger partial charge in [-0.2, -0.15) is 0 Å². The Hall–Kier alpha value is -2.00. The SMILES string of the molecule is COc1ccc(S(=O)(=O)NCc2nc(-c3ccccn3)cs2)cc1Cl. The van der Waals surface area contributed by atoms with Gasteiger partial charge in [0.25, 0.3) is 0 Å². The molecule has 0 unspecified atom stereocenters. The second-order valence-corrected chi connectivity index (χ2v) is 8.08. The van der Waals surface area contributed by atoms with Crippen LogP contribution in [0.2, 0.25) is 5.02 Å². The van der Waals surface area contributed by atoms with Gasteiger partial charge in [-0.3, -0.25) is 4.98 Å². The van der Waals surface area contributed by atoms with Crippen LogP contribution in [0.3, 0.4) is 0 Å². The van der Waals surface area contributed by atoms with Crippen molar-refractivity contribution in [3.63, 3.8) is 0 Å². The Kier molecular flexibility index (Phi) is 5.33. The smallest absolute Gasteiger partial charge is 0.241 e. The maximum Gasteiger partial charge on any atom is 0.241 e. The van der Waals surface area contributed by atoms with E-state index < -0.39 is 10.0 Å². The third-order valence-corrected chi connectivity index (χ3v) is 5.87. The number of methoxy groups -OCH3 is 1. The van der Waals surface area contributed by atoms with E-state index in [1.165, 1.54) is 36.6 Å². The lowest BCUT2D eigenvalue weighted by Crippen LogP contribution is -2.23. The number of aromatic nitrogens is 2. The van der Waals surface area contributed by atoms with E-state index in [2.05, 4.69) is 14.7 Å². The minimum absolute atomic E-state index is 0.0693. The number of hydrogen-bond acceptors (Lipinski definition) is 6. The molecule has 0 bridgehead atoms. The van der Waals surface area contributed by atoms with Gasteiger partial charge in [-0.25, -0.2) is 18.1 Å². The molecular weight excluding hydrogens is 382 g/mol. The zero-order valence-corrected chi connectivity index (χ0v) is 15.5. The highest BCUT2D eigenvalue weighted by atomic mass is 35.5. The fraction of sp³-hybridized carbons (Fsp3) is 0.125. The van der Waals surface area contributed by atoms with Crippen LogP contribution in [0.4, 0.5) is 0 Å². The molecular formula is C16H14ClN3O3S2. The quantitative estimate of drug-likeness (QED) is 0.692. The Balaban J connectivity index is 1.72. The Morgan fingerprint density at radius 1 is 1.24 bits per heavy atom. The fourth-order valence-corrected chi connectivity index (χ4v) is 4.23. The van der Waals surface area contributed by atoms with Gasteiger partial charge < -0.3 is 4.74 Å². The minimum atomic E-state index is -3.70. The number of benzene rings is 1. The molecule has 1 N–H and O–H groups in total. The van der Waals surface area contributed by atoms with Crippen molar-refractivity contribution >= 4 is 33.0 Å². The van der Waals surface area contributed by atoms with Crippen LogP contribution in [-0.4, -0.2) is 25.5 Å². The van der Waals surface area contributed by atoms with E-state index >= 15 is 0 Å². The molecule has 0 atom stereocenters. The minimum Gasteiger partial charge on any atom is -0.495 e. The van der Waals surface area contributed by atoms with E-state index in [0.29, 0.717) is 16.5 Å². The molecule has 0 fully saturated rings. The molecule has 2 aromatic heterocycles. The number of halogens is 1. The van der Waals surface area contributed by atoms with Crippen molar-refractivity contribution in [2.75, 3.05) is 7.11 Å². The molecule has 9 heteroatoms. The molecule has 0 radical (unpaired) electrons. The van der Waals surface area contributed by atoms with Crippen LogP contribution >= 0.6 is 22.9 Å². The summed E-state index contributed by atoms with van der Waals surface area (Å²) in [6.45, 7) is 0.0868. The molecule has 6 nitrogen and oxygen atoms in total. The standard InChI is InChI=1S/C16H14ClN3O3S2/c1-23-15-6-5-11(8-12(15)17)25(21,22)19-9-16-20-14(10-24-16)13-4-2-3-7-18-13/h2-8,10,19H,9H2,1H3. The van der Waals surface area contributed by atoms with Crippen LogP contribution in [0, 0.1) is 0 Å². The topological polar surface area (TPSA) is 81.2 Å². The number of nitrogens with zero attached hydrogens (tertiary/aromatic N) is 2. The van der Waals surface area contributed by atoms with E-state index in [9.17, 15) is 8.42 Å². The molecule has 1 aromatic carbocycles. The number of sulfonamides is 1. The van der Waals surface area contributed by atoms with Gasteiger partial charge in [0.15, 0.2) is 0 Å². The summed E-state index contributed by atoms with van der Waals surface area (Å²) in [5, 5.41) is 2.72. The zero-order valence-electron chi connectivity index (χ0n) is 13.1. The second-order valence-electron chi connectivity index (χ2n) is 4.96. The van der Waals surface area contributed by atoms with Crippen LogP contribution in [0.25, 0.3) is 11.4 Å². The molecule has 0 saturated heterocycles. The molecule has 2 heterocycles. The van der Waals surface area contributed by atoms with Gasteiger partial charge in [0.1, 0.15) is 10.8 Å². The highest BCUT2D eigenvalue weighted by molar-refractivity contribution is 7.89. The van der Waals surface area contributed by atoms with Crippen LogP contribution in [-0.2, 0) is 16.6 Å². The molecule has 3 aromatic rings. The van der Waals surface area contributed by atoms with E-state index in [-0.39, 0.29) is 16.5 Å². The number of thiazole rings is 1. The van der Waals surface area contributed by atoms with Gasteiger partial charge in [0.05, 0.1) is 35.0 Å². The largest absolute Gasteiger partial charge is 0.495 e. The number of ether oxygens (including phenoxy) is 1. The van der Waals surface area contributed by atoms with Crippen LogP contribution in [0.1, 0.15) is 5.01 Å². The molecule has 0 aliphatic heterocycles. The lowest BCUT2D eigenvalue weighted by molar-refractivity contribution is 0.414. The normalized spacial score (nSPS) is 11.4. The summed E-state index contributed by atoms with van der Waals surface area (Å²) in [6.07, 6.45) is 1.69. The van der Waals surface area contributed by atoms with Crippen LogP contribution in [0.15, 0.2) is 52.9 Å². The van der Waals surface area contributed by atoms with Crippen LogP contribution in [0.5, 0.6) is 5.75 Å². The maximum absolute atomic E-state index is 12.4. The summed E-state index contributed by atoms with van der Waals surface area (Å²) in [5.41, 5.74) is 1.46. The van der Waals surface area contributed by atoms with Crippen molar-refractivity contribution in [2.24, 2.45) is 0 Å². The number of rotatable bonds is 6. The zero-order chi connectivity index (χ0) is 17.9. The highest BCUT2D eigenvalue weighted by Crippen LogP contribution is 2.27. The van der Waals surface area contributed by atoms with Gasteiger partial charge in [0, 0.05) is 11.6 Å². The lowest BCUT2D eigenvalue weighted by Gasteiger charge is -2.08. The first-order chi connectivity index (χ1) is 12.0. The molecule has 130 valence electrons. The van der Waals surface area contributed by atoms with E-state index in [1.54, 1.807) is 6.20 Å². The first-order valence-corrected chi connectivity index (χ1v) is 9.93. The lowest BCUT2D eigenvalue weighted by atomic mass is 10.3. The molecule has 0 saturated carbocycles. The molecule has 0 spiro atoms.